The molecule has 0 aliphatic heterocycles. The van der Waals surface area contributed by atoms with E-state index < -0.39 is 0 Å². The Kier molecular flexibility index (Phi) is 3.36. The molecule has 6 nitrogen and oxygen atoms in total. The zero-order valence-corrected chi connectivity index (χ0v) is 10.7. The molecular weight excluding hydrogens is 236 g/mol. The predicted octanol–water partition coefficient (Wildman–Crippen LogP) is 1.66. The van der Waals surface area contributed by atoms with E-state index >= 15 is 0 Å². The van der Waals surface area contributed by atoms with Crippen LogP contribution in [0.15, 0.2) is 12.1 Å². The van der Waals surface area contributed by atoms with Crippen molar-refractivity contribution in [3.05, 3.63) is 12.1 Å². The fourth-order valence-corrected chi connectivity index (χ4v) is 1.65. The van der Waals surface area contributed by atoms with Crippen molar-refractivity contribution in [3.8, 4) is 23.4 Å². The number of fused-ring (bicyclic) bond motifs is 1. The van der Waals surface area contributed by atoms with Gasteiger partial charge in [-0.3, -0.25) is 0 Å². The van der Waals surface area contributed by atoms with Gasteiger partial charge in [0, 0.05) is 6.07 Å². The predicted molar refractivity (Wildman–Crippen MR) is 65.7 cm³/mol. The molecule has 0 atom stereocenters. The van der Waals surface area contributed by atoms with Gasteiger partial charge >= 0.3 is 6.01 Å². The van der Waals surface area contributed by atoms with Crippen LogP contribution in [0.3, 0.4) is 0 Å². The summed E-state index contributed by atoms with van der Waals surface area (Å²) in [5, 5.41) is 0.732. The van der Waals surface area contributed by atoms with Gasteiger partial charge in [0.05, 0.1) is 39.3 Å². The molecule has 96 valence electrons. The number of methoxy groups -OCH3 is 4. The number of ether oxygens (including phenoxy) is 4. The highest BCUT2D eigenvalue weighted by Crippen LogP contribution is 2.35. The lowest BCUT2D eigenvalue weighted by molar-refractivity contribution is 0.351. The molecule has 0 aliphatic rings. The molecule has 18 heavy (non-hydrogen) atoms. The number of nitrogens with zero attached hydrogens (tertiary/aromatic N) is 2. The number of rotatable bonds is 4. The maximum absolute atomic E-state index is 5.23. The van der Waals surface area contributed by atoms with E-state index in [9.17, 15) is 0 Å². The molecule has 0 fully saturated rings. The molecule has 2 aromatic rings. The molecule has 0 spiro atoms. The lowest BCUT2D eigenvalue weighted by Gasteiger charge is -2.11. The van der Waals surface area contributed by atoms with Crippen molar-refractivity contribution in [2.75, 3.05) is 28.4 Å². The van der Waals surface area contributed by atoms with Gasteiger partial charge in [-0.05, 0) is 6.07 Å². The molecule has 0 saturated carbocycles. The van der Waals surface area contributed by atoms with E-state index in [1.165, 1.54) is 14.2 Å². The Morgan fingerprint density at radius 1 is 0.778 bits per heavy atom. The van der Waals surface area contributed by atoms with Crippen LogP contribution >= 0.6 is 0 Å². The second-order valence-electron chi connectivity index (χ2n) is 3.44. The molecule has 0 N–H and O–H groups in total. The van der Waals surface area contributed by atoms with E-state index in [4.69, 9.17) is 18.9 Å². The van der Waals surface area contributed by atoms with Gasteiger partial charge in [0.1, 0.15) is 0 Å². The summed E-state index contributed by atoms with van der Waals surface area (Å²) in [7, 11) is 6.18. The van der Waals surface area contributed by atoms with E-state index in [1.807, 2.05) is 0 Å². The molecule has 0 amide bonds. The lowest BCUT2D eigenvalue weighted by atomic mass is 10.2. The van der Waals surface area contributed by atoms with Gasteiger partial charge < -0.3 is 18.9 Å². The topological polar surface area (TPSA) is 62.7 Å². The molecule has 0 saturated heterocycles. The highest BCUT2D eigenvalue weighted by molar-refractivity contribution is 5.87. The summed E-state index contributed by atoms with van der Waals surface area (Å²) in [5.41, 5.74) is 0.663. The Hall–Kier alpha value is -2.24. The van der Waals surface area contributed by atoms with Crippen molar-refractivity contribution in [1.82, 2.24) is 9.97 Å². The summed E-state index contributed by atoms with van der Waals surface area (Å²) < 4.78 is 20.7. The maximum Gasteiger partial charge on any atom is 0.320 e. The molecule has 0 bridgehead atoms. The van der Waals surface area contributed by atoms with Gasteiger partial charge in [-0.15, -0.1) is 0 Å². The van der Waals surface area contributed by atoms with Gasteiger partial charge in [0.25, 0.3) is 0 Å². The molecule has 2 rings (SSSR count). The largest absolute Gasteiger partial charge is 0.493 e. The summed E-state index contributed by atoms with van der Waals surface area (Å²) in [4.78, 5) is 8.35. The third-order valence-electron chi connectivity index (χ3n) is 2.52. The molecule has 1 heterocycles. The van der Waals surface area contributed by atoms with E-state index in [1.54, 1.807) is 26.4 Å². The standard InChI is InChI=1S/C12H14N2O4/c1-15-9-5-7-8(6-10(9)16-2)13-12(18-4)14-11(7)17-3/h5-6H,1-4H3. The number of hydrogen-bond acceptors (Lipinski definition) is 6. The third kappa shape index (κ3) is 1.97. The van der Waals surface area contributed by atoms with Crippen molar-refractivity contribution in [1.29, 1.82) is 0 Å². The molecule has 0 unspecified atom stereocenters. The van der Waals surface area contributed by atoms with Crippen molar-refractivity contribution in [3.63, 3.8) is 0 Å². The zero-order valence-electron chi connectivity index (χ0n) is 10.7. The molecule has 1 aromatic heterocycles. The molecule has 6 heteroatoms. The summed E-state index contributed by atoms with van der Waals surface area (Å²) in [5.74, 6) is 1.61. The zero-order chi connectivity index (χ0) is 13.1. The van der Waals surface area contributed by atoms with E-state index in [-0.39, 0.29) is 6.01 Å². The first kappa shape index (κ1) is 12.2. The highest BCUT2D eigenvalue weighted by Gasteiger charge is 2.13. The lowest BCUT2D eigenvalue weighted by Crippen LogP contribution is -1.98. The number of hydrogen-bond donors (Lipinski definition) is 0. The van der Waals surface area contributed by atoms with Crippen LogP contribution < -0.4 is 18.9 Å². The average molecular weight is 250 g/mol. The van der Waals surface area contributed by atoms with Crippen LogP contribution in [0.5, 0.6) is 23.4 Å². The van der Waals surface area contributed by atoms with Gasteiger partial charge in [0.2, 0.25) is 5.88 Å². The minimum Gasteiger partial charge on any atom is -0.493 e. The third-order valence-corrected chi connectivity index (χ3v) is 2.52. The summed E-state index contributed by atoms with van der Waals surface area (Å²) in [6.07, 6.45) is 0. The Bertz CT molecular complexity index is 571. The van der Waals surface area contributed by atoms with Crippen molar-refractivity contribution in [2.24, 2.45) is 0 Å². The summed E-state index contributed by atoms with van der Waals surface area (Å²) in [6.45, 7) is 0. The Morgan fingerprint density at radius 3 is 2.00 bits per heavy atom. The van der Waals surface area contributed by atoms with Crippen molar-refractivity contribution in [2.45, 2.75) is 0 Å². The quantitative estimate of drug-likeness (QED) is 0.822. The van der Waals surface area contributed by atoms with Gasteiger partial charge in [-0.2, -0.15) is 9.97 Å². The molecular formula is C12H14N2O4. The summed E-state index contributed by atoms with van der Waals surface area (Å²) >= 11 is 0. The van der Waals surface area contributed by atoms with Crippen LogP contribution in [0.1, 0.15) is 0 Å². The van der Waals surface area contributed by atoms with Crippen LogP contribution in [0.4, 0.5) is 0 Å². The SMILES string of the molecule is COc1nc(OC)c2cc(OC)c(OC)cc2n1. The van der Waals surface area contributed by atoms with Crippen LogP contribution in [-0.2, 0) is 0 Å². The smallest absolute Gasteiger partial charge is 0.320 e. The van der Waals surface area contributed by atoms with Crippen LogP contribution in [0, 0.1) is 0 Å². The van der Waals surface area contributed by atoms with E-state index in [2.05, 4.69) is 9.97 Å². The van der Waals surface area contributed by atoms with E-state index in [0.29, 0.717) is 22.9 Å². The number of aromatic nitrogens is 2. The maximum atomic E-state index is 5.23. The van der Waals surface area contributed by atoms with Crippen LogP contribution in [0.2, 0.25) is 0 Å². The second-order valence-corrected chi connectivity index (χ2v) is 3.44. The molecule has 0 aliphatic carbocycles. The highest BCUT2D eigenvalue weighted by atomic mass is 16.5. The summed E-state index contributed by atoms with van der Waals surface area (Å²) in [6, 6.07) is 3.76. The molecule has 0 radical (unpaired) electrons. The molecule has 1 aromatic carbocycles. The second kappa shape index (κ2) is 4.95. The normalized spacial score (nSPS) is 10.2. The first-order chi connectivity index (χ1) is 8.73. The van der Waals surface area contributed by atoms with Gasteiger partial charge in [-0.25, -0.2) is 0 Å². The Balaban J connectivity index is 2.74. The fourth-order valence-electron chi connectivity index (χ4n) is 1.65. The monoisotopic (exact) mass is 250 g/mol. The Labute approximate surface area is 104 Å². The first-order valence-electron chi connectivity index (χ1n) is 5.25. The van der Waals surface area contributed by atoms with Crippen LogP contribution in [-0.4, -0.2) is 38.4 Å². The minimum atomic E-state index is 0.242. The van der Waals surface area contributed by atoms with E-state index in [0.717, 1.165) is 5.39 Å². The number of benzene rings is 1. The first-order valence-corrected chi connectivity index (χ1v) is 5.25. The minimum absolute atomic E-state index is 0.242. The van der Waals surface area contributed by atoms with Crippen LogP contribution in [0.25, 0.3) is 10.9 Å². The fraction of sp³-hybridized carbons (Fsp3) is 0.333. The van der Waals surface area contributed by atoms with Crippen molar-refractivity contribution >= 4 is 10.9 Å². The van der Waals surface area contributed by atoms with Gasteiger partial charge in [-0.1, -0.05) is 0 Å². The van der Waals surface area contributed by atoms with Gasteiger partial charge in [0.15, 0.2) is 11.5 Å². The average Bonchev–Trinajstić information content (AvgIpc) is 2.44. The Morgan fingerprint density at radius 2 is 1.44 bits per heavy atom. The van der Waals surface area contributed by atoms with Crippen molar-refractivity contribution < 1.29 is 18.9 Å².